The summed E-state index contributed by atoms with van der Waals surface area (Å²) < 4.78 is 14.2. The number of unbranched alkanes of at least 4 members (excludes halogenated alkanes) is 3. The van der Waals surface area contributed by atoms with Gasteiger partial charge in [0.25, 0.3) is 0 Å². The van der Waals surface area contributed by atoms with E-state index in [4.69, 9.17) is 4.43 Å². The van der Waals surface area contributed by atoms with Crippen molar-refractivity contribution in [2.75, 3.05) is 0 Å². The average Bonchev–Trinajstić information content (AvgIpc) is 2.58. The molecular formula is C23H50OSiSn. The van der Waals surface area contributed by atoms with Crippen LogP contribution in [0, 0.1) is 0 Å². The molecular weight excluding hydrogens is 439 g/mol. The Hall–Kier alpha value is 0.716. The SMILES string of the molecule is CCC[CH2][Sn](/[CH]=C/[C@@H](CC)O[Si](C)(C)C(C)(C)C)([CH2]CCC)[CH2]CCC. The van der Waals surface area contributed by atoms with Gasteiger partial charge in [-0.3, -0.25) is 0 Å². The van der Waals surface area contributed by atoms with Gasteiger partial charge in [-0.1, -0.05) is 0 Å². The zero-order valence-electron chi connectivity index (χ0n) is 19.7. The van der Waals surface area contributed by atoms with Gasteiger partial charge in [-0.25, -0.2) is 0 Å². The summed E-state index contributed by atoms with van der Waals surface area (Å²) in [6, 6.07) is 0. The Morgan fingerprint density at radius 3 is 1.58 bits per heavy atom. The number of rotatable bonds is 14. The van der Waals surface area contributed by atoms with Crippen molar-refractivity contribution < 1.29 is 4.43 Å². The van der Waals surface area contributed by atoms with Gasteiger partial charge in [0, 0.05) is 0 Å². The summed E-state index contributed by atoms with van der Waals surface area (Å²) in [5.41, 5.74) is 0. The molecule has 0 rings (SSSR count). The van der Waals surface area contributed by atoms with Crippen LogP contribution in [0.15, 0.2) is 10.2 Å². The quantitative estimate of drug-likeness (QED) is 0.222. The van der Waals surface area contributed by atoms with Gasteiger partial charge in [0.2, 0.25) is 0 Å². The Morgan fingerprint density at radius 1 is 0.846 bits per heavy atom. The first-order valence-corrected chi connectivity index (χ1v) is 22.1. The van der Waals surface area contributed by atoms with Gasteiger partial charge >= 0.3 is 172 Å². The standard InChI is InChI=1S/C11H23OSi.3C4H9.Sn/c1-8-10(9-2)12-13(6,7)11(3,4)5;3*1-3-4-2;/h1,8,10H,9H2,2-7H3;3*1,3-4H2,2H3;/t10-;;;;/m0..../s1. The van der Waals surface area contributed by atoms with Gasteiger partial charge in [0.1, 0.15) is 0 Å². The van der Waals surface area contributed by atoms with Crippen molar-refractivity contribution in [1.29, 1.82) is 0 Å². The first kappa shape index (κ1) is 26.7. The van der Waals surface area contributed by atoms with Crippen molar-refractivity contribution in [3.05, 3.63) is 10.2 Å². The zero-order valence-corrected chi connectivity index (χ0v) is 23.6. The molecule has 0 unspecified atom stereocenters. The van der Waals surface area contributed by atoms with E-state index in [1.807, 2.05) is 0 Å². The van der Waals surface area contributed by atoms with Gasteiger partial charge in [-0.15, -0.1) is 0 Å². The van der Waals surface area contributed by atoms with Crippen LogP contribution in [0.4, 0.5) is 0 Å². The van der Waals surface area contributed by atoms with Crippen molar-refractivity contribution in [3.63, 3.8) is 0 Å². The molecule has 0 aromatic heterocycles. The van der Waals surface area contributed by atoms with Gasteiger partial charge in [0.05, 0.1) is 0 Å². The third-order valence-electron chi connectivity index (χ3n) is 6.40. The first-order chi connectivity index (χ1) is 12.1. The second kappa shape index (κ2) is 13.0. The van der Waals surface area contributed by atoms with E-state index in [0.717, 1.165) is 6.42 Å². The molecule has 156 valence electrons. The minimum absolute atomic E-state index is 0.293. The molecule has 1 nitrogen and oxygen atoms in total. The van der Waals surface area contributed by atoms with E-state index in [-0.39, 0.29) is 0 Å². The molecule has 0 saturated heterocycles. The summed E-state index contributed by atoms with van der Waals surface area (Å²) in [5, 5.41) is 0.293. The normalized spacial score (nSPS) is 15.0. The van der Waals surface area contributed by atoms with Gasteiger partial charge in [-0.05, 0) is 0 Å². The van der Waals surface area contributed by atoms with E-state index in [0.29, 0.717) is 11.1 Å². The average molecular weight is 489 g/mol. The molecule has 0 saturated carbocycles. The summed E-state index contributed by atoms with van der Waals surface area (Å²) in [6.45, 7) is 21.2. The van der Waals surface area contributed by atoms with Gasteiger partial charge < -0.3 is 0 Å². The molecule has 0 heterocycles. The van der Waals surface area contributed by atoms with Crippen molar-refractivity contribution in [2.45, 2.75) is 131 Å². The molecule has 0 bridgehead atoms. The second-order valence-electron chi connectivity index (χ2n) is 9.86. The summed E-state index contributed by atoms with van der Waals surface area (Å²) in [5.74, 6) is 0. The number of hydrogen-bond acceptors (Lipinski definition) is 1. The van der Waals surface area contributed by atoms with Crippen LogP contribution in [-0.4, -0.2) is 32.8 Å². The van der Waals surface area contributed by atoms with Crippen molar-refractivity contribution in [3.8, 4) is 0 Å². The molecule has 0 amide bonds. The van der Waals surface area contributed by atoms with E-state index in [2.05, 4.69) is 71.7 Å². The minimum atomic E-state index is -2.17. The van der Waals surface area contributed by atoms with Crippen LogP contribution in [-0.2, 0) is 4.43 Å². The Kier molecular flexibility index (Phi) is 13.4. The Balaban J connectivity index is 5.38. The molecule has 0 aromatic rings. The van der Waals surface area contributed by atoms with Crippen LogP contribution in [0.3, 0.4) is 0 Å². The monoisotopic (exact) mass is 490 g/mol. The molecule has 0 aliphatic heterocycles. The van der Waals surface area contributed by atoms with Crippen LogP contribution in [0.2, 0.25) is 31.4 Å². The fourth-order valence-corrected chi connectivity index (χ4v) is 19.1. The van der Waals surface area contributed by atoms with E-state index in [9.17, 15) is 0 Å². The molecule has 3 heteroatoms. The van der Waals surface area contributed by atoms with Crippen LogP contribution < -0.4 is 0 Å². The van der Waals surface area contributed by atoms with Crippen LogP contribution in [0.5, 0.6) is 0 Å². The van der Waals surface area contributed by atoms with Gasteiger partial charge in [0.15, 0.2) is 0 Å². The molecule has 0 aliphatic rings. The first-order valence-electron chi connectivity index (χ1n) is 11.4. The molecule has 0 fully saturated rings. The van der Waals surface area contributed by atoms with E-state index in [1.165, 1.54) is 38.5 Å². The molecule has 0 aromatic carbocycles. The third kappa shape index (κ3) is 9.77. The van der Waals surface area contributed by atoms with Crippen LogP contribution in [0.25, 0.3) is 0 Å². The zero-order chi connectivity index (χ0) is 20.3. The summed E-state index contributed by atoms with van der Waals surface area (Å²) in [7, 11) is -1.69. The molecule has 0 radical (unpaired) electrons. The van der Waals surface area contributed by atoms with Crippen molar-refractivity contribution in [2.24, 2.45) is 0 Å². The number of hydrogen-bond donors (Lipinski definition) is 0. The molecule has 0 aliphatic carbocycles. The molecule has 0 spiro atoms. The summed E-state index contributed by atoms with van der Waals surface area (Å²) in [4.78, 5) is 0. The Morgan fingerprint density at radius 2 is 1.27 bits per heavy atom. The van der Waals surface area contributed by atoms with E-state index >= 15 is 0 Å². The predicted molar refractivity (Wildman–Crippen MR) is 126 cm³/mol. The van der Waals surface area contributed by atoms with Gasteiger partial charge in [-0.2, -0.15) is 0 Å². The summed E-state index contributed by atoms with van der Waals surface area (Å²) >= 11 is -2.17. The van der Waals surface area contributed by atoms with Crippen LogP contribution >= 0.6 is 0 Å². The Labute approximate surface area is 171 Å². The second-order valence-corrected chi connectivity index (χ2v) is 27.6. The fourth-order valence-electron chi connectivity index (χ4n) is 3.34. The topological polar surface area (TPSA) is 9.23 Å². The summed E-state index contributed by atoms with van der Waals surface area (Å²) in [6.07, 6.45) is 12.3. The fraction of sp³-hybridized carbons (Fsp3) is 0.913. The predicted octanol–water partition coefficient (Wildman–Crippen LogP) is 8.73. The molecule has 0 N–H and O–H groups in total. The van der Waals surface area contributed by atoms with Crippen LogP contribution in [0.1, 0.15) is 93.4 Å². The molecule has 26 heavy (non-hydrogen) atoms. The van der Waals surface area contributed by atoms with E-state index < -0.39 is 26.7 Å². The van der Waals surface area contributed by atoms with Crippen molar-refractivity contribution in [1.82, 2.24) is 0 Å². The maximum absolute atomic E-state index is 6.75. The van der Waals surface area contributed by atoms with E-state index in [1.54, 1.807) is 13.3 Å². The third-order valence-corrected chi connectivity index (χ3v) is 25.0. The molecule has 1 atom stereocenters. The Bertz CT molecular complexity index is 362. The maximum atomic E-state index is 6.75. The van der Waals surface area contributed by atoms with Crippen molar-refractivity contribution >= 4 is 26.7 Å².